The van der Waals surface area contributed by atoms with Crippen LogP contribution in [-0.4, -0.2) is 18.6 Å². The molecule has 58 valence electrons. The molecule has 1 unspecified atom stereocenters. The first-order valence-electron chi connectivity index (χ1n) is 3.57. The van der Waals surface area contributed by atoms with E-state index in [9.17, 15) is 4.79 Å². The second kappa shape index (κ2) is 4.25. The fourth-order valence-electron chi connectivity index (χ4n) is 0.887. The molecule has 0 aromatic heterocycles. The predicted octanol–water partition coefficient (Wildman–Crippen LogP) is 2.18. The van der Waals surface area contributed by atoms with E-state index in [1.165, 1.54) is 0 Å². The Morgan fingerprint density at radius 2 is 2.00 bits per heavy atom. The molecule has 0 aliphatic heterocycles. The predicted molar refractivity (Wildman–Crippen MR) is 49.9 cm³/mol. The van der Waals surface area contributed by atoms with Crippen molar-refractivity contribution in [2.45, 2.75) is 0 Å². The quantitative estimate of drug-likeness (QED) is 0.496. The monoisotopic (exact) mass is 166 g/mol. The topological polar surface area (TPSA) is 17.1 Å². The highest BCUT2D eigenvalue weighted by Crippen LogP contribution is 2.07. The van der Waals surface area contributed by atoms with E-state index < -0.39 is 0 Å². The summed E-state index contributed by atoms with van der Waals surface area (Å²) in [5.41, 5.74) is 0.835. The average Bonchev–Trinajstić information content (AvgIpc) is 2.07. The third-order valence-electron chi connectivity index (χ3n) is 1.43. The number of rotatable bonds is 3. The van der Waals surface area contributed by atoms with Crippen molar-refractivity contribution in [3.63, 3.8) is 0 Å². The molecule has 0 saturated heterocycles. The summed E-state index contributed by atoms with van der Waals surface area (Å²) in [7, 11) is 0.714. The molecule has 1 nitrogen and oxygen atoms in total. The Balaban J connectivity index is 2.69. The fraction of sp³-hybridized carbons (Fsp3) is 0.222. The maximum Gasteiger partial charge on any atom is 0.166 e. The van der Waals surface area contributed by atoms with Crippen LogP contribution in [0.2, 0.25) is 0 Å². The lowest BCUT2D eigenvalue weighted by Gasteiger charge is -1.96. The zero-order valence-electron chi connectivity index (χ0n) is 6.50. The zero-order valence-corrected chi connectivity index (χ0v) is 7.50. The molecule has 1 aromatic rings. The van der Waals surface area contributed by atoms with Gasteiger partial charge in [0, 0.05) is 11.7 Å². The molecule has 0 spiro atoms. The summed E-state index contributed by atoms with van der Waals surface area (Å²) < 4.78 is 0. The number of ketones is 1. The van der Waals surface area contributed by atoms with Crippen LogP contribution in [0.4, 0.5) is 0 Å². The summed E-state index contributed by atoms with van der Waals surface area (Å²) in [6.07, 6.45) is 0.685. The number of benzene rings is 1. The Kier molecular flexibility index (Phi) is 3.25. The minimum absolute atomic E-state index is 0.256. The van der Waals surface area contributed by atoms with E-state index in [-0.39, 0.29) is 5.78 Å². The van der Waals surface area contributed by atoms with Crippen LogP contribution in [0.3, 0.4) is 0 Å². The van der Waals surface area contributed by atoms with Crippen LogP contribution in [-0.2, 0) is 0 Å². The van der Waals surface area contributed by atoms with Crippen molar-refractivity contribution in [1.82, 2.24) is 0 Å². The minimum atomic E-state index is 0.256. The van der Waals surface area contributed by atoms with E-state index in [1.54, 1.807) is 0 Å². The van der Waals surface area contributed by atoms with Gasteiger partial charge in [-0.2, -0.15) is 0 Å². The summed E-state index contributed by atoms with van der Waals surface area (Å²) >= 11 is 0. The Morgan fingerprint density at radius 3 is 2.55 bits per heavy atom. The smallest absolute Gasteiger partial charge is 0.166 e. The number of Topliss-reactive ketones (excluding diaryl/α,β-unsaturated/α-hetero) is 1. The van der Waals surface area contributed by atoms with Crippen molar-refractivity contribution < 1.29 is 4.79 Å². The van der Waals surface area contributed by atoms with Gasteiger partial charge >= 0.3 is 0 Å². The molecule has 0 heterocycles. The van der Waals surface area contributed by atoms with Crippen LogP contribution < -0.4 is 0 Å². The van der Waals surface area contributed by atoms with Crippen molar-refractivity contribution in [2.24, 2.45) is 0 Å². The Bertz CT molecular complexity index is 231. The third-order valence-corrected chi connectivity index (χ3v) is 2.11. The van der Waals surface area contributed by atoms with E-state index in [0.29, 0.717) is 14.7 Å². The van der Waals surface area contributed by atoms with Crippen LogP contribution in [0, 0.1) is 0 Å². The Hall–Kier alpha value is -0.680. The lowest BCUT2D eigenvalue weighted by atomic mass is 10.2. The van der Waals surface area contributed by atoms with Crippen LogP contribution >= 0.6 is 8.58 Å². The zero-order chi connectivity index (χ0) is 8.10. The van der Waals surface area contributed by atoms with Gasteiger partial charge in [-0.05, 0) is 6.66 Å². The molecule has 0 aliphatic rings. The van der Waals surface area contributed by atoms with Gasteiger partial charge in [-0.25, -0.2) is 0 Å². The standard InChI is InChI=1S/C9H11OP/c1-11-7-9(10)8-5-3-2-4-6-8/h2-6,11H,7H2,1H3. The van der Waals surface area contributed by atoms with Gasteiger partial charge in [0.2, 0.25) is 0 Å². The second-order valence-corrected chi connectivity index (χ2v) is 3.38. The van der Waals surface area contributed by atoms with Gasteiger partial charge in [-0.1, -0.05) is 30.3 Å². The van der Waals surface area contributed by atoms with Gasteiger partial charge in [0.05, 0.1) is 0 Å². The lowest BCUT2D eigenvalue weighted by Crippen LogP contribution is -1.99. The summed E-state index contributed by atoms with van der Waals surface area (Å²) in [6, 6.07) is 9.44. The van der Waals surface area contributed by atoms with Crippen molar-refractivity contribution in [1.29, 1.82) is 0 Å². The van der Waals surface area contributed by atoms with Gasteiger partial charge in [0.1, 0.15) is 0 Å². The molecule has 0 bridgehead atoms. The van der Waals surface area contributed by atoms with Gasteiger partial charge < -0.3 is 0 Å². The van der Waals surface area contributed by atoms with Gasteiger partial charge in [-0.3, -0.25) is 4.79 Å². The van der Waals surface area contributed by atoms with Crippen LogP contribution in [0.25, 0.3) is 0 Å². The van der Waals surface area contributed by atoms with E-state index in [1.807, 2.05) is 37.0 Å². The molecule has 2 heteroatoms. The molecule has 0 amide bonds. The first-order chi connectivity index (χ1) is 5.34. The molecular weight excluding hydrogens is 155 g/mol. The summed E-state index contributed by atoms with van der Waals surface area (Å²) in [5.74, 6) is 0.256. The summed E-state index contributed by atoms with van der Waals surface area (Å²) in [5, 5.41) is 0. The number of carbonyl (C=O) groups excluding carboxylic acids is 1. The van der Waals surface area contributed by atoms with E-state index >= 15 is 0 Å². The second-order valence-electron chi connectivity index (χ2n) is 2.32. The minimum Gasteiger partial charge on any atom is -0.294 e. The van der Waals surface area contributed by atoms with Gasteiger partial charge in [-0.15, -0.1) is 8.58 Å². The number of hydrogen-bond acceptors (Lipinski definition) is 1. The van der Waals surface area contributed by atoms with E-state index in [4.69, 9.17) is 0 Å². The molecule has 1 atom stereocenters. The highest BCUT2D eigenvalue weighted by Gasteiger charge is 2.01. The van der Waals surface area contributed by atoms with E-state index in [2.05, 4.69) is 0 Å². The van der Waals surface area contributed by atoms with Gasteiger partial charge in [0.15, 0.2) is 5.78 Å². The van der Waals surface area contributed by atoms with Crippen molar-refractivity contribution >= 4 is 14.4 Å². The molecule has 0 aliphatic carbocycles. The van der Waals surface area contributed by atoms with Crippen molar-refractivity contribution in [3.05, 3.63) is 35.9 Å². The van der Waals surface area contributed by atoms with E-state index in [0.717, 1.165) is 5.56 Å². The maximum atomic E-state index is 11.3. The number of hydrogen-bond donors (Lipinski definition) is 0. The molecule has 0 radical (unpaired) electrons. The highest BCUT2D eigenvalue weighted by molar-refractivity contribution is 7.38. The average molecular weight is 166 g/mol. The third kappa shape index (κ3) is 2.44. The molecular formula is C9H11OP. The van der Waals surface area contributed by atoms with Crippen LogP contribution in [0.5, 0.6) is 0 Å². The largest absolute Gasteiger partial charge is 0.294 e. The normalized spacial score (nSPS) is 10.6. The highest BCUT2D eigenvalue weighted by atomic mass is 31.1. The maximum absolute atomic E-state index is 11.3. The summed E-state index contributed by atoms with van der Waals surface area (Å²) in [4.78, 5) is 11.3. The molecule has 1 aromatic carbocycles. The summed E-state index contributed by atoms with van der Waals surface area (Å²) in [6.45, 7) is 2.04. The van der Waals surface area contributed by atoms with Crippen LogP contribution in [0.15, 0.2) is 30.3 Å². The van der Waals surface area contributed by atoms with Crippen molar-refractivity contribution in [2.75, 3.05) is 12.8 Å². The molecule has 1 rings (SSSR count). The fourth-order valence-corrected chi connectivity index (χ4v) is 1.41. The molecule has 0 fully saturated rings. The van der Waals surface area contributed by atoms with Crippen LogP contribution in [0.1, 0.15) is 10.4 Å². The first-order valence-corrected chi connectivity index (χ1v) is 5.28. The SMILES string of the molecule is CPCC(=O)c1ccccc1. The number of carbonyl (C=O) groups is 1. The molecule has 11 heavy (non-hydrogen) atoms. The lowest BCUT2D eigenvalue weighted by molar-refractivity contribution is 0.102. The molecule has 0 N–H and O–H groups in total. The molecule has 0 saturated carbocycles. The van der Waals surface area contributed by atoms with Crippen molar-refractivity contribution in [3.8, 4) is 0 Å². The first kappa shape index (κ1) is 8.42. The Morgan fingerprint density at radius 1 is 1.36 bits per heavy atom. The van der Waals surface area contributed by atoms with Gasteiger partial charge in [0.25, 0.3) is 0 Å². The Labute approximate surface area is 68.6 Å².